The minimum absolute atomic E-state index is 0.00165. The van der Waals surface area contributed by atoms with Gasteiger partial charge in [0.05, 0.1) is 0 Å². The highest BCUT2D eigenvalue weighted by molar-refractivity contribution is 5.97. The van der Waals surface area contributed by atoms with E-state index in [0.717, 1.165) is 28.8 Å². The number of amides is 2. The van der Waals surface area contributed by atoms with Crippen LogP contribution in [-0.4, -0.2) is 23.3 Å². The number of anilines is 1. The van der Waals surface area contributed by atoms with Crippen LogP contribution in [0.25, 0.3) is 0 Å². The summed E-state index contributed by atoms with van der Waals surface area (Å²) in [4.78, 5) is 28.9. The summed E-state index contributed by atoms with van der Waals surface area (Å²) in [6.07, 6.45) is 0.785. The lowest BCUT2D eigenvalue weighted by Gasteiger charge is -2.24. The second kappa shape index (κ2) is 8.31. The van der Waals surface area contributed by atoms with Crippen molar-refractivity contribution in [2.45, 2.75) is 26.4 Å². The molecule has 0 bridgehead atoms. The van der Waals surface area contributed by atoms with Crippen molar-refractivity contribution in [2.75, 3.05) is 11.4 Å². The van der Waals surface area contributed by atoms with Gasteiger partial charge in [0, 0.05) is 37.8 Å². The molecule has 0 saturated carbocycles. The molecule has 0 N–H and O–H groups in total. The Kier molecular flexibility index (Phi) is 5.43. The van der Waals surface area contributed by atoms with Gasteiger partial charge in [-0.05, 0) is 41.3 Å². The van der Waals surface area contributed by atoms with Crippen molar-refractivity contribution in [3.05, 3.63) is 101 Å². The Morgan fingerprint density at radius 2 is 1.45 bits per heavy atom. The minimum Gasteiger partial charge on any atom is -0.330 e. The molecule has 0 radical (unpaired) electrons. The molecule has 29 heavy (non-hydrogen) atoms. The van der Waals surface area contributed by atoms with E-state index in [2.05, 4.69) is 0 Å². The molecule has 0 unspecified atom stereocenters. The summed E-state index contributed by atoms with van der Waals surface area (Å²) in [5, 5.41) is 0. The van der Waals surface area contributed by atoms with Crippen LogP contribution in [0.5, 0.6) is 0 Å². The normalized spacial score (nSPS) is 12.5. The maximum Gasteiger partial charge on any atom is 0.254 e. The maximum absolute atomic E-state index is 13.4. The Labute approximate surface area is 171 Å². The second-order valence-corrected chi connectivity index (χ2v) is 7.40. The van der Waals surface area contributed by atoms with E-state index < -0.39 is 0 Å². The molecular weight excluding hydrogens is 360 g/mol. The minimum atomic E-state index is 0.00165. The molecule has 1 aliphatic heterocycles. The third-order valence-electron chi connectivity index (χ3n) is 5.32. The van der Waals surface area contributed by atoms with Crippen LogP contribution in [0.2, 0.25) is 0 Å². The Morgan fingerprint density at radius 3 is 2.00 bits per heavy atom. The van der Waals surface area contributed by atoms with Gasteiger partial charge in [-0.25, -0.2) is 0 Å². The molecule has 0 atom stereocenters. The van der Waals surface area contributed by atoms with Crippen molar-refractivity contribution >= 4 is 17.5 Å². The summed E-state index contributed by atoms with van der Waals surface area (Å²) in [7, 11) is 0. The van der Waals surface area contributed by atoms with E-state index in [9.17, 15) is 9.59 Å². The van der Waals surface area contributed by atoms with E-state index in [1.165, 1.54) is 0 Å². The summed E-state index contributed by atoms with van der Waals surface area (Å²) < 4.78 is 0. The van der Waals surface area contributed by atoms with Gasteiger partial charge in [0.25, 0.3) is 5.91 Å². The number of benzene rings is 3. The quantitative estimate of drug-likeness (QED) is 0.653. The van der Waals surface area contributed by atoms with Gasteiger partial charge >= 0.3 is 0 Å². The lowest BCUT2D eigenvalue weighted by Crippen LogP contribution is -2.30. The van der Waals surface area contributed by atoms with E-state index >= 15 is 0 Å². The largest absolute Gasteiger partial charge is 0.330 e. The van der Waals surface area contributed by atoms with E-state index in [-0.39, 0.29) is 11.8 Å². The molecule has 0 aromatic heterocycles. The van der Waals surface area contributed by atoms with E-state index in [1.54, 1.807) is 11.8 Å². The molecule has 0 fully saturated rings. The van der Waals surface area contributed by atoms with Crippen LogP contribution in [0.3, 0.4) is 0 Å². The molecule has 0 spiro atoms. The van der Waals surface area contributed by atoms with Crippen molar-refractivity contribution < 1.29 is 9.59 Å². The molecule has 2 amide bonds. The molecule has 1 heterocycles. The van der Waals surface area contributed by atoms with Gasteiger partial charge in [-0.2, -0.15) is 0 Å². The lowest BCUT2D eigenvalue weighted by atomic mass is 10.1. The molecule has 1 aliphatic rings. The standard InChI is InChI=1S/C25H24N2O2/c1-19(28)27-15-14-22-16-23(12-13-24(22)27)25(29)26(17-20-8-4-2-5-9-20)18-21-10-6-3-7-11-21/h2-13,16H,14-15,17-18H2,1H3. The number of carbonyl (C=O) groups is 2. The number of nitrogens with zero attached hydrogens (tertiary/aromatic N) is 2. The molecule has 4 heteroatoms. The zero-order valence-corrected chi connectivity index (χ0v) is 16.5. The van der Waals surface area contributed by atoms with Crippen LogP contribution >= 0.6 is 0 Å². The van der Waals surface area contributed by atoms with Crippen LogP contribution in [0.1, 0.15) is 34.0 Å². The highest BCUT2D eigenvalue weighted by atomic mass is 16.2. The predicted octanol–water partition coefficient (Wildman–Crippen LogP) is 4.44. The van der Waals surface area contributed by atoms with E-state index in [0.29, 0.717) is 25.2 Å². The van der Waals surface area contributed by atoms with Crippen molar-refractivity contribution in [3.8, 4) is 0 Å². The van der Waals surface area contributed by atoms with Crippen molar-refractivity contribution in [1.29, 1.82) is 0 Å². The molecule has 4 nitrogen and oxygen atoms in total. The predicted molar refractivity (Wildman–Crippen MR) is 115 cm³/mol. The Morgan fingerprint density at radius 1 is 0.862 bits per heavy atom. The third kappa shape index (κ3) is 4.21. The summed E-state index contributed by atoms with van der Waals surface area (Å²) in [5.74, 6) is 0.0411. The Bertz CT molecular complexity index is 974. The number of hydrogen-bond donors (Lipinski definition) is 0. The fraction of sp³-hybridized carbons (Fsp3) is 0.200. The summed E-state index contributed by atoms with van der Waals surface area (Å²) in [5.41, 5.74) is 4.85. The third-order valence-corrected chi connectivity index (χ3v) is 5.32. The molecule has 0 aliphatic carbocycles. The molecular formula is C25H24N2O2. The van der Waals surface area contributed by atoms with Crippen LogP contribution in [0.15, 0.2) is 78.9 Å². The van der Waals surface area contributed by atoms with E-state index in [4.69, 9.17) is 0 Å². The molecule has 4 rings (SSSR count). The molecule has 3 aromatic carbocycles. The van der Waals surface area contributed by atoms with Gasteiger partial charge in [0.1, 0.15) is 0 Å². The first kappa shape index (κ1) is 18.9. The number of rotatable bonds is 5. The topological polar surface area (TPSA) is 40.6 Å². The highest BCUT2D eigenvalue weighted by Crippen LogP contribution is 2.29. The SMILES string of the molecule is CC(=O)N1CCc2cc(C(=O)N(Cc3ccccc3)Cc3ccccc3)ccc21. The van der Waals surface area contributed by atoms with Gasteiger partial charge < -0.3 is 9.80 Å². The number of carbonyl (C=O) groups excluding carboxylic acids is 2. The Balaban J connectivity index is 1.61. The van der Waals surface area contributed by atoms with Crippen LogP contribution in [0, 0.1) is 0 Å². The van der Waals surface area contributed by atoms with Crippen LogP contribution in [0.4, 0.5) is 5.69 Å². The van der Waals surface area contributed by atoms with Crippen molar-refractivity contribution in [2.24, 2.45) is 0 Å². The Hall–Kier alpha value is -3.40. The van der Waals surface area contributed by atoms with Crippen LogP contribution in [-0.2, 0) is 24.3 Å². The fourth-order valence-electron chi connectivity index (χ4n) is 3.85. The summed E-state index contributed by atoms with van der Waals surface area (Å²) in [6.45, 7) is 3.35. The molecule has 146 valence electrons. The first-order valence-electron chi connectivity index (χ1n) is 9.90. The van der Waals surface area contributed by atoms with Gasteiger partial charge in [0.2, 0.25) is 5.91 Å². The maximum atomic E-state index is 13.4. The average Bonchev–Trinajstić information content (AvgIpc) is 3.18. The van der Waals surface area contributed by atoms with Gasteiger partial charge in [-0.3, -0.25) is 9.59 Å². The first-order chi connectivity index (χ1) is 14.1. The number of fused-ring (bicyclic) bond motifs is 1. The van der Waals surface area contributed by atoms with Gasteiger partial charge in [0.15, 0.2) is 0 Å². The monoisotopic (exact) mass is 384 g/mol. The lowest BCUT2D eigenvalue weighted by molar-refractivity contribution is -0.116. The summed E-state index contributed by atoms with van der Waals surface area (Å²) in [6, 6.07) is 25.8. The zero-order valence-electron chi connectivity index (χ0n) is 16.5. The summed E-state index contributed by atoms with van der Waals surface area (Å²) >= 11 is 0. The van der Waals surface area contributed by atoms with Crippen molar-refractivity contribution in [1.82, 2.24) is 4.90 Å². The highest BCUT2D eigenvalue weighted by Gasteiger charge is 2.24. The van der Waals surface area contributed by atoms with Gasteiger partial charge in [-0.1, -0.05) is 60.7 Å². The second-order valence-electron chi connectivity index (χ2n) is 7.40. The first-order valence-corrected chi connectivity index (χ1v) is 9.90. The van der Waals surface area contributed by atoms with Crippen LogP contribution < -0.4 is 4.90 Å². The van der Waals surface area contributed by atoms with Crippen molar-refractivity contribution in [3.63, 3.8) is 0 Å². The molecule has 3 aromatic rings. The van der Waals surface area contributed by atoms with Gasteiger partial charge in [-0.15, -0.1) is 0 Å². The van der Waals surface area contributed by atoms with E-state index in [1.807, 2.05) is 83.8 Å². The zero-order chi connectivity index (χ0) is 20.2. The average molecular weight is 384 g/mol. The molecule has 0 saturated heterocycles. The number of hydrogen-bond acceptors (Lipinski definition) is 2. The smallest absolute Gasteiger partial charge is 0.254 e. The fourth-order valence-corrected chi connectivity index (χ4v) is 3.85.